The van der Waals surface area contributed by atoms with Gasteiger partial charge in [-0.2, -0.15) is 8.42 Å². The summed E-state index contributed by atoms with van der Waals surface area (Å²) >= 11 is 0. The van der Waals surface area contributed by atoms with Crippen LogP contribution in [0.1, 0.15) is 20.7 Å². The summed E-state index contributed by atoms with van der Waals surface area (Å²) in [4.78, 5) is 23.0. The fourth-order valence-electron chi connectivity index (χ4n) is 1.46. The van der Waals surface area contributed by atoms with Crippen molar-refractivity contribution in [1.29, 1.82) is 0 Å². The van der Waals surface area contributed by atoms with Gasteiger partial charge in [0, 0.05) is 0 Å². The molecule has 0 saturated heterocycles. The van der Waals surface area contributed by atoms with Crippen molar-refractivity contribution in [2.45, 2.75) is 4.90 Å². The highest BCUT2D eigenvalue weighted by Crippen LogP contribution is 2.18. The summed E-state index contributed by atoms with van der Waals surface area (Å²) in [6.45, 7) is -1.57. The Hall–Kier alpha value is -2.01. The van der Waals surface area contributed by atoms with Crippen molar-refractivity contribution >= 4 is 22.1 Å². The summed E-state index contributed by atoms with van der Waals surface area (Å²) < 4.78 is 40.4. The Morgan fingerprint density at radius 1 is 0.955 bits per heavy atom. The zero-order valence-electron chi connectivity index (χ0n) is 11.3. The molecular formula is C12H14O9S. The minimum absolute atomic E-state index is 0.302. The Labute approximate surface area is 125 Å². The molecule has 10 heteroatoms. The van der Waals surface area contributed by atoms with E-state index in [2.05, 4.69) is 9.47 Å². The molecule has 0 spiro atoms. The molecule has 9 nitrogen and oxygen atoms in total. The van der Waals surface area contributed by atoms with Crippen LogP contribution in [0.2, 0.25) is 0 Å². The fraction of sp³-hybridized carbons (Fsp3) is 0.333. The summed E-state index contributed by atoms with van der Waals surface area (Å²) in [6, 6.07) is 2.64. The maximum atomic E-state index is 11.8. The third kappa shape index (κ3) is 4.77. The molecule has 1 rings (SSSR count). The third-order valence-corrected chi connectivity index (χ3v) is 3.23. The molecule has 0 aliphatic rings. The average Bonchev–Trinajstić information content (AvgIpc) is 2.48. The molecule has 3 N–H and O–H groups in total. The number of aliphatic hydroxyl groups excluding tert-OH is 2. The lowest BCUT2D eigenvalue weighted by molar-refractivity contribution is 0.0389. The number of rotatable bonds is 7. The van der Waals surface area contributed by atoms with Crippen molar-refractivity contribution in [1.82, 2.24) is 0 Å². The molecule has 0 atom stereocenters. The van der Waals surface area contributed by atoms with Gasteiger partial charge in [-0.25, -0.2) is 9.59 Å². The van der Waals surface area contributed by atoms with E-state index >= 15 is 0 Å². The van der Waals surface area contributed by atoms with Crippen molar-refractivity contribution in [3.05, 3.63) is 29.3 Å². The minimum Gasteiger partial charge on any atom is -0.460 e. The topological polar surface area (TPSA) is 147 Å². The lowest BCUT2D eigenvalue weighted by atomic mass is 10.1. The van der Waals surface area contributed by atoms with Gasteiger partial charge in [-0.1, -0.05) is 0 Å². The Kier molecular flexibility index (Phi) is 6.43. The van der Waals surface area contributed by atoms with Gasteiger partial charge < -0.3 is 19.7 Å². The number of ether oxygens (including phenoxy) is 2. The zero-order chi connectivity index (χ0) is 16.8. The quantitative estimate of drug-likeness (QED) is 0.432. The second-order valence-electron chi connectivity index (χ2n) is 3.90. The minimum atomic E-state index is -4.59. The number of hydrogen-bond donors (Lipinski definition) is 3. The number of esters is 2. The number of carbonyl (C=O) groups excluding carboxylic acids is 2. The summed E-state index contributed by atoms with van der Waals surface area (Å²) in [7, 11) is -4.59. The van der Waals surface area contributed by atoms with E-state index in [-0.39, 0.29) is 18.8 Å². The molecule has 0 fully saturated rings. The van der Waals surface area contributed by atoms with Crippen molar-refractivity contribution in [3.8, 4) is 0 Å². The van der Waals surface area contributed by atoms with Gasteiger partial charge in [-0.15, -0.1) is 0 Å². The van der Waals surface area contributed by atoms with E-state index in [9.17, 15) is 18.0 Å². The first-order valence-corrected chi connectivity index (χ1v) is 7.42. The van der Waals surface area contributed by atoms with Gasteiger partial charge in [0.15, 0.2) is 0 Å². The molecule has 0 heterocycles. The lowest BCUT2D eigenvalue weighted by Gasteiger charge is -2.10. The zero-order valence-corrected chi connectivity index (χ0v) is 12.1. The Balaban J connectivity index is 3.25. The van der Waals surface area contributed by atoms with Crippen LogP contribution in [0, 0.1) is 0 Å². The molecule has 0 aromatic heterocycles. The standard InChI is InChI=1S/C12H14O9S/c13-3-5-20-11(15)9-2-1-8(22(17,18)19)7-10(9)12(16)21-6-4-14/h1-2,7,13-14H,3-6H2,(H,17,18,19). The van der Waals surface area contributed by atoms with E-state index in [1.54, 1.807) is 0 Å². The van der Waals surface area contributed by atoms with E-state index in [4.69, 9.17) is 14.8 Å². The van der Waals surface area contributed by atoms with Crippen LogP contribution in [-0.4, -0.2) is 61.5 Å². The Morgan fingerprint density at radius 2 is 1.45 bits per heavy atom. The fourth-order valence-corrected chi connectivity index (χ4v) is 1.97. The van der Waals surface area contributed by atoms with Crippen LogP contribution in [0.4, 0.5) is 0 Å². The predicted octanol–water partition coefficient (Wildman–Crippen LogP) is -0.769. The Morgan fingerprint density at radius 3 is 1.91 bits per heavy atom. The lowest BCUT2D eigenvalue weighted by Crippen LogP contribution is -2.17. The van der Waals surface area contributed by atoms with E-state index in [1.165, 1.54) is 0 Å². The molecule has 0 amide bonds. The highest BCUT2D eigenvalue weighted by Gasteiger charge is 2.23. The van der Waals surface area contributed by atoms with Crippen LogP contribution in [0.3, 0.4) is 0 Å². The predicted molar refractivity (Wildman–Crippen MR) is 71.0 cm³/mol. The highest BCUT2D eigenvalue weighted by atomic mass is 32.2. The maximum Gasteiger partial charge on any atom is 0.339 e. The van der Waals surface area contributed by atoms with Gasteiger partial charge in [-0.3, -0.25) is 4.55 Å². The van der Waals surface area contributed by atoms with Crippen molar-refractivity contribution in [2.75, 3.05) is 26.4 Å². The number of hydrogen-bond acceptors (Lipinski definition) is 8. The van der Waals surface area contributed by atoms with Gasteiger partial charge in [-0.05, 0) is 18.2 Å². The van der Waals surface area contributed by atoms with Crippen LogP contribution in [0.25, 0.3) is 0 Å². The molecule has 1 aromatic rings. The van der Waals surface area contributed by atoms with Gasteiger partial charge in [0.25, 0.3) is 10.1 Å². The number of benzene rings is 1. The molecule has 0 aliphatic heterocycles. The smallest absolute Gasteiger partial charge is 0.339 e. The van der Waals surface area contributed by atoms with Gasteiger partial charge in [0.05, 0.1) is 29.2 Å². The molecule has 0 saturated carbocycles. The summed E-state index contributed by atoms with van der Waals surface area (Å²) in [5.41, 5.74) is -0.754. The first-order valence-electron chi connectivity index (χ1n) is 5.98. The van der Waals surface area contributed by atoms with Crippen LogP contribution in [0.15, 0.2) is 23.1 Å². The van der Waals surface area contributed by atoms with Crippen LogP contribution in [-0.2, 0) is 19.6 Å². The first-order chi connectivity index (χ1) is 10.3. The molecule has 0 unspecified atom stereocenters. The van der Waals surface area contributed by atoms with Gasteiger partial charge >= 0.3 is 11.9 Å². The van der Waals surface area contributed by atoms with E-state index in [0.717, 1.165) is 18.2 Å². The van der Waals surface area contributed by atoms with Crippen LogP contribution < -0.4 is 0 Å². The van der Waals surface area contributed by atoms with Crippen LogP contribution in [0.5, 0.6) is 0 Å². The third-order valence-electron chi connectivity index (χ3n) is 2.38. The van der Waals surface area contributed by atoms with Crippen LogP contribution >= 0.6 is 0 Å². The molecule has 122 valence electrons. The summed E-state index contributed by atoms with van der Waals surface area (Å²) in [5.74, 6) is -2.05. The monoisotopic (exact) mass is 334 g/mol. The van der Waals surface area contributed by atoms with E-state index in [1.807, 2.05) is 0 Å². The largest absolute Gasteiger partial charge is 0.460 e. The molecule has 0 radical (unpaired) electrons. The molecule has 0 aliphatic carbocycles. The van der Waals surface area contributed by atoms with Crippen molar-refractivity contribution in [3.63, 3.8) is 0 Å². The normalized spacial score (nSPS) is 11.0. The number of aliphatic hydroxyl groups is 2. The molecule has 1 aromatic carbocycles. The van der Waals surface area contributed by atoms with E-state index in [0.29, 0.717) is 0 Å². The van der Waals surface area contributed by atoms with Gasteiger partial charge in [0.2, 0.25) is 0 Å². The van der Waals surface area contributed by atoms with E-state index < -0.39 is 45.7 Å². The van der Waals surface area contributed by atoms with Crippen molar-refractivity contribution < 1.29 is 42.2 Å². The second kappa shape index (κ2) is 7.84. The Bertz CT molecular complexity index is 651. The maximum absolute atomic E-state index is 11.8. The van der Waals surface area contributed by atoms with Crippen molar-refractivity contribution in [2.24, 2.45) is 0 Å². The number of carbonyl (C=O) groups is 2. The molecule has 22 heavy (non-hydrogen) atoms. The second-order valence-corrected chi connectivity index (χ2v) is 5.32. The summed E-state index contributed by atoms with van der Waals surface area (Å²) in [5, 5.41) is 17.2. The highest BCUT2D eigenvalue weighted by molar-refractivity contribution is 7.85. The first kappa shape index (κ1) is 18.0. The average molecular weight is 334 g/mol. The van der Waals surface area contributed by atoms with Gasteiger partial charge in [0.1, 0.15) is 13.2 Å². The molecular weight excluding hydrogens is 320 g/mol. The summed E-state index contributed by atoms with van der Waals surface area (Å²) in [6.07, 6.45) is 0. The molecule has 0 bridgehead atoms. The SMILES string of the molecule is O=C(OCCO)c1ccc(S(=O)(=O)O)cc1C(=O)OCCO.